The first-order valence-electron chi connectivity index (χ1n) is 12.4. The molecule has 7 nitrogen and oxygen atoms in total. The lowest BCUT2D eigenvalue weighted by Crippen LogP contribution is -2.46. The summed E-state index contributed by atoms with van der Waals surface area (Å²) in [4.78, 5) is 36.7. The third-order valence-electron chi connectivity index (χ3n) is 7.12. The molecule has 1 N–H and O–H groups in total. The molecule has 1 aromatic heterocycles. The van der Waals surface area contributed by atoms with Crippen molar-refractivity contribution in [1.29, 1.82) is 0 Å². The number of hydrogen-bond acceptors (Lipinski definition) is 5. The number of piperidine rings is 1. The summed E-state index contributed by atoms with van der Waals surface area (Å²) in [6, 6.07) is 8.30. The second-order valence-electron chi connectivity index (χ2n) is 9.43. The maximum Gasteiger partial charge on any atom is 0.224 e. The number of likely N-dealkylation sites (tertiary alicyclic amines) is 1. The Bertz CT molecular complexity index is 1000. The number of carbonyl (C=O) groups is 2. The molecular weight excluding hydrogens is 414 g/mol. The van der Waals surface area contributed by atoms with Crippen LogP contribution in [0, 0.1) is 6.92 Å². The van der Waals surface area contributed by atoms with Gasteiger partial charge in [-0.05, 0) is 69.5 Å². The molecule has 0 aliphatic carbocycles. The van der Waals surface area contributed by atoms with E-state index in [4.69, 9.17) is 4.98 Å². The summed E-state index contributed by atoms with van der Waals surface area (Å²) in [7, 11) is 0. The lowest BCUT2D eigenvalue weighted by atomic mass is 10.0. The van der Waals surface area contributed by atoms with E-state index in [9.17, 15) is 9.59 Å². The van der Waals surface area contributed by atoms with Crippen LogP contribution in [0.3, 0.4) is 0 Å². The van der Waals surface area contributed by atoms with Crippen molar-refractivity contribution in [1.82, 2.24) is 14.8 Å². The zero-order valence-corrected chi connectivity index (χ0v) is 20.3. The summed E-state index contributed by atoms with van der Waals surface area (Å²) >= 11 is 0. The van der Waals surface area contributed by atoms with E-state index in [1.165, 1.54) is 6.42 Å². The summed E-state index contributed by atoms with van der Waals surface area (Å²) in [5, 5.41) is 4.01. The number of amides is 2. The number of aryl methyl sites for hydroxylation is 1. The maximum absolute atomic E-state index is 12.5. The SMILES string of the molecule is CCN1CCN(c2cc(C)c3cc(NC(=O)CCC(=O)N4CCCC[C@H]4C)ccc3n2)CC1. The number of pyridine rings is 1. The van der Waals surface area contributed by atoms with Crippen molar-refractivity contribution in [3.05, 3.63) is 29.8 Å². The van der Waals surface area contributed by atoms with Crippen LogP contribution in [0.5, 0.6) is 0 Å². The van der Waals surface area contributed by atoms with E-state index in [0.29, 0.717) is 0 Å². The fourth-order valence-electron chi connectivity index (χ4n) is 4.97. The summed E-state index contributed by atoms with van der Waals surface area (Å²) in [5.41, 5.74) is 2.84. The second kappa shape index (κ2) is 10.5. The quantitative estimate of drug-likeness (QED) is 0.723. The largest absolute Gasteiger partial charge is 0.354 e. The van der Waals surface area contributed by atoms with Crippen molar-refractivity contribution in [2.45, 2.75) is 58.9 Å². The average Bonchev–Trinajstić information content (AvgIpc) is 2.83. The van der Waals surface area contributed by atoms with Crippen LogP contribution in [0.2, 0.25) is 0 Å². The molecule has 1 atom stereocenters. The Hall–Kier alpha value is -2.67. The van der Waals surface area contributed by atoms with Gasteiger partial charge in [-0.2, -0.15) is 0 Å². The molecule has 2 aromatic rings. The first-order valence-corrected chi connectivity index (χ1v) is 12.4. The molecule has 0 radical (unpaired) electrons. The van der Waals surface area contributed by atoms with Gasteiger partial charge in [-0.15, -0.1) is 0 Å². The third kappa shape index (κ3) is 5.64. The summed E-state index contributed by atoms with van der Waals surface area (Å²) in [6.45, 7) is 12.4. The van der Waals surface area contributed by atoms with E-state index >= 15 is 0 Å². The van der Waals surface area contributed by atoms with Crippen LogP contribution in [0.25, 0.3) is 10.9 Å². The Morgan fingerprint density at radius 2 is 1.85 bits per heavy atom. The van der Waals surface area contributed by atoms with Crippen LogP contribution in [-0.4, -0.2) is 71.9 Å². The van der Waals surface area contributed by atoms with Crippen molar-refractivity contribution in [3.63, 3.8) is 0 Å². The average molecular weight is 452 g/mol. The highest BCUT2D eigenvalue weighted by Gasteiger charge is 2.23. The number of fused-ring (bicyclic) bond motifs is 1. The Labute approximate surface area is 197 Å². The van der Waals surface area contributed by atoms with Gasteiger partial charge in [-0.25, -0.2) is 4.98 Å². The summed E-state index contributed by atoms with van der Waals surface area (Å²) in [6.07, 6.45) is 3.76. The van der Waals surface area contributed by atoms with Crippen LogP contribution in [-0.2, 0) is 9.59 Å². The number of nitrogens with zero attached hydrogens (tertiary/aromatic N) is 4. The third-order valence-corrected chi connectivity index (χ3v) is 7.12. The van der Waals surface area contributed by atoms with Gasteiger partial charge in [-0.1, -0.05) is 6.92 Å². The van der Waals surface area contributed by atoms with E-state index in [1.807, 2.05) is 23.1 Å². The van der Waals surface area contributed by atoms with Crippen molar-refractivity contribution in [2.24, 2.45) is 0 Å². The number of aromatic nitrogens is 1. The molecule has 4 rings (SSSR count). The number of piperazine rings is 1. The van der Waals surface area contributed by atoms with Gasteiger partial charge in [0.15, 0.2) is 0 Å². The highest BCUT2D eigenvalue weighted by molar-refractivity contribution is 5.96. The van der Waals surface area contributed by atoms with Gasteiger partial charge in [0.1, 0.15) is 5.82 Å². The molecule has 0 spiro atoms. The topological polar surface area (TPSA) is 68.8 Å². The zero-order chi connectivity index (χ0) is 23.4. The molecule has 1 aromatic carbocycles. The second-order valence-corrected chi connectivity index (χ2v) is 9.43. The number of hydrogen-bond donors (Lipinski definition) is 1. The molecule has 178 valence electrons. The first kappa shape index (κ1) is 23.5. The Kier molecular flexibility index (Phi) is 7.48. The predicted octanol–water partition coefficient (Wildman–Crippen LogP) is 3.80. The van der Waals surface area contributed by atoms with Crippen molar-refractivity contribution < 1.29 is 9.59 Å². The summed E-state index contributed by atoms with van der Waals surface area (Å²) < 4.78 is 0. The molecule has 2 saturated heterocycles. The first-order chi connectivity index (χ1) is 15.9. The van der Waals surface area contributed by atoms with E-state index in [0.717, 1.165) is 80.1 Å². The fourth-order valence-corrected chi connectivity index (χ4v) is 4.97. The predicted molar refractivity (Wildman–Crippen MR) is 134 cm³/mol. The monoisotopic (exact) mass is 451 g/mol. The molecule has 7 heteroatoms. The van der Waals surface area contributed by atoms with Crippen LogP contribution in [0.1, 0.15) is 51.5 Å². The Morgan fingerprint density at radius 1 is 1.06 bits per heavy atom. The molecule has 2 aliphatic heterocycles. The highest BCUT2D eigenvalue weighted by Crippen LogP contribution is 2.26. The molecule has 2 aliphatic rings. The number of carbonyl (C=O) groups excluding carboxylic acids is 2. The molecule has 0 unspecified atom stereocenters. The van der Waals surface area contributed by atoms with Crippen molar-refractivity contribution >= 4 is 34.2 Å². The molecule has 0 saturated carbocycles. The van der Waals surface area contributed by atoms with Gasteiger partial charge in [0.25, 0.3) is 0 Å². The van der Waals surface area contributed by atoms with Crippen LogP contribution < -0.4 is 10.2 Å². The zero-order valence-electron chi connectivity index (χ0n) is 20.3. The molecule has 2 fully saturated rings. The fraction of sp³-hybridized carbons (Fsp3) is 0.577. The van der Waals surface area contributed by atoms with Gasteiger partial charge in [0.05, 0.1) is 5.52 Å². The number of likely N-dealkylation sites (N-methyl/N-ethyl adjacent to an activating group) is 1. The molecular formula is C26H37N5O2. The Morgan fingerprint density at radius 3 is 2.58 bits per heavy atom. The van der Waals surface area contributed by atoms with Gasteiger partial charge < -0.3 is 20.0 Å². The molecule has 2 amide bonds. The van der Waals surface area contributed by atoms with E-state index in [1.54, 1.807) is 0 Å². The minimum atomic E-state index is -0.122. The van der Waals surface area contributed by atoms with Gasteiger partial charge in [0.2, 0.25) is 11.8 Å². The number of rotatable bonds is 6. The van der Waals surface area contributed by atoms with Gasteiger partial charge in [-0.3, -0.25) is 9.59 Å². The van der Waals surface area contributed by atoms with E-state index in [-0.39, 0.29) is 30.7 Å². The number of anilines is 2. The van der Waals surface area contributed by atoms with Crippen molar-refractivity contribution in [2.75, 3.05) is 49.5 Å². The standard InChI is InChI=1S/C26H37N5O2/c1-4-29-13-15-30(16-14-29)24-17-19(2)22-18-21(8-9-23(22)28-24)27-25(32)10-11-26(33)31-12-6-5-7-20(31)3/h8-9,17-18,20H,4-7,10-16H2,1-3H3,(H,27,32)/t20-/m1/s1. The van der Waals surface area contributed by atoms with Crippen LogP contribution in [0.15, 0.2) is 24.3 Å². The Balaban J connectivity index is 1.37. The molecule has 0 bridgehead atoms. The van der Waals surface area contributed by atoms with E-state index < -0.39 is 0 Å². The minimum Gasteiger partial charge on any atom is -0.354 e. The van der Waals surface area contributed by atoms with Crippen LogP contribution >= 0.6 is 0 Å². The summed E-state index contributed by atoms with van der Waals surface area (Å²) in [5.74, 6) is 0.990. The van der Waals surface area contributed by atoms with E-state index in [2.05, 4.69) is 42.0 Å². The molecule has 33 heavy (non-hydrogen) atoms. The van der Waals surface area contributed by atoms with Crippen molar-refractivity contribution in [3.8, 4) is 0 Å². The normalized spacial score (nSPS) is 19.7. The lowest BCUT2D eigenvalue weighted by Gasteiger charge is -2.35. The number of nitrogens with one attached hydrogen (secondary N) is 1. The minimum absolute atomic E-state index is 0.0863. The number of benzene rings is 1. The van der Waals surface area contributed by atoms with Crippen LogP contribution in [0.4, 0.5) is 11.5 Å². The van der Waals surface area contributed by atoms with Gasteiger partial charge in [0, 0.05) is 62.7 Å². The highest BCUT2D eigenvalue weighted by atomic mass is 16.2. The maximum atomic E-state index is 12.5. The lowest BCUT2D eigenvalue weighted by molar-refractivity contribution is -0.135. The smallest absolute Gasteiger partial charge is 0.224 e. The molecule has 3 heterocycles. The van der Waals surface area contributed by atoms with Gasteiger partial charge >= 0.3 is 0 Å².